The molecule has 0 aliphatic rings. The van der Waals surface area contributed by atoms with Gasteiger partial charge < -0.3 is 16.4 Å². The van der Waals surface area contributed by atoms with Crippen LogP contribution < -0.4 is 16.4 Å². The van der Waals surface area contributed by atoms with Crippen LogP contribution >= 0.6 is 0 Å². The first-order valence-electron chi connectivity index (χ1n) is 6.65. The van der Waals surface area contributed by atoms with Crippen LogP contribution in [0.1, 0.15) is 16.8 Å². The lowest BCUT2D eigenvalue weighted by Gasteiger charge is -2.08. The number of hydrogen-bond donors (Lipinski definition) is 3. The SMILES string of the molecule is Nc1ccc(NCCCNC(=O)c2ccccc2F)cn1. The molecule has 0 spiro atoms. The van der Waals surface area contributed by atoms with Crippen molar-refractivity contribution in [3.8, 4) is 0 Å². The van der Waals surface area contributed by atoms with E-state index in [0.29, 0.717) is 25.3 Å². The van der Waals surface area contributed by atoms with Crippen LogP contribution in [0.4, 0.5) is 15.9 Å². The monoisotopic (exact) mass is 288 g/mol. The van der Waals surface area contributed by atoms with Crippen molar-refractivity contribution in [2.45, 2.75) is 6.42 Å². The summed E-state index contributed by atoms with van der Waals surface area (Å²) in [7, 11) is 0. The number of nitrogen functional groups attached to an aromatic ring is 1. The number of hydrogen-bond acceptors (Lipinski definition) is 4. The molecule has 0 aliphatic heterocycles. The standard InChI is InChI=1S/C15H17FN4O/c16-13-5-2-1-4-12(13)15(21)19-9-3-8-18-11-6-7-14(17)20-10-11/h1-2,4-7,10,18H,3,8-9H2,(H2,17,20)(H,19,21). The number of nitrogens with one attached hydrogen (secondary N) is 2. The number of pyridine rings is 1. The third-order valence-corrected chi connectivity index (χ3v) is 2.87. The van der Waals surface area contributed by atoms with E-state index in [1.807, 2.05) is 6.07 Å². The Kier molecular flexibility index (Phi) is 5.09. The predicted molar refractivity (Wildman–Crippen MR) is 80.5 cm³/mol. The number of anilines is 2. The third kappa shape index (κ3) is 4.45. The highest BCUT2D eigenvalue weighted by Gasteiger charge is 2.09. The summed E-state index contributed by atoms with van der Waals surface area (Å²) in [4.78, 5) is 15.7. The molecule has 0 unspecified atom stereocenters. The molecule has 6 heteroatoms. The molecular weight excluding hydrogens is 271 g/mol. The second kappa shape index (κ2) is 7.23. The molecular formula is C15H17FN4O. The van der Waals surface area contributed by atoms with E-state index < -0.39 is 11.7 Å². The zero-order valence-corrected chi connectivity index (χ0v) is 11.5. The lowest BCUT2D eigenvalue weighted by Crippen LogP contribution is -2.26. The first kappa shape index (κ1) is 14.8. The van der Waals surface area contributed by atoms with Crippen molar-refractivity contribution in [3.63, 3.8) is 0 Å². The molecule has 1 aromatic carbocycles. The second-order valence-corrected chi connectivity index (χ2v) is 4.49. The summed E-state index contributed by atoms with van der Waals surface area (Å²) in [6, 6.07) is 9.46. The molecule has 0 saturated heterocycles. The average Bonchev–Trinajstić information content (AvgIpc) is 2.49. The number of aromatic nitrogens is 1. The number of rotatable bonds is 6. The van der Waals surface area contributed by atoms with Crippen molar-refractivity contribution in [2.75, 3.05) is 24.1 Å². The molecule has 1 heterocycles. The fraction of sp³-hybridized carbons (Fsp3) is 0.200. The van der Waals surface area contributed by atoms with Gasteiger partial charge in [0, 0.05) is 13.1 Å². The fourth-order valence-electron chi connectivity index (χ4n) is 1.77. The van der Waals surface area contributed by atoms with Gasteiger partial charge >= 0.3 is 0 Å². The minimum absolute atomic E-state index is 0.0631. The highest BCUT2D eigenvalue weighted by Crippen LogP contribution is 2.07. The van der Waals surface area contributed by atoms with Crippen LogP contribution in [0.2, 0.25) is 0 Å². The van der Waals surface area contributed by atoms with Crippen molar-refractivity contribution >= 4 is 17.4 Å². The van der Waals surface area contributed by atoms with Crippen LogP contribution in [0.3, 0.4) is 0 Å². The Hall–Kier alpha value is -2.63. The van der Waals surface area contributed by atoms with E-state index in [1.165, 1.54) is 12.1 Å². The first-order chi connectivity index (χ1) is 10.2. The smallest absolute Gasteiger partial charge is 0.254 e. The highest BCUT2D eigenvalue weighted by molar-refractivity contribution is 5.94. The molecule has 1 amide bonds. The summed E-state index contributed by atoms with van der Waals surface area (Å²) in [5, 5.41) is 5.83. The molecule has 0 bridgehead atoms. The van der Waals surface area contributed by atoms with E-state index >= 15 is 0 Å². The zero-order chi connectivity index (χ0) is 15.1. The number of benzene rings is 1. The number of amides is 1. The molecule has 110 valence electrons. The van der Waals surface area contributed by atoms with Crippen molar-refractivity contribution in [2.24, 2.45) is 0 Å². The van der Waals surface area contributed by atoms with Crippen LogP contribution in [0.25, 0.3) is 0 Å². The van der Waals surface area contributed by atoms with Gasteiger partial charge in [-0.15, -0.1) is 0 Å². The number of halogens is 1. The number of nitrogens with two attached hydrogens (primary N) is 1. The zero-order valence-electron chi connectivity index (χ0n) is 11.5. The van der Waals surface area contributed by atoms with Crippen LogP contribution in [0.15, 0.2) is 42.6 Å². The van der Waals surface area contributed by atoms with E-state index in [2.05, 4.69) is 15.6 Å². The van der Waals surface area contributed by atoms with Gasteiger partial charge in [0.05, 0.1) is 17.4 Å². The van der Waals surface area contributed by atoms with Crippen molar-refractivity contribution in [3.05, 3.63) is 54.0 Å². The average molecular weight is 288 g/mol. The number of carbonyl (C=O) groups excluding carboxylic acids is 1. The lowest BCUT2D eigenvalue weighted by molar-refractivity contribution is 0.0949. The molecule has 1 aromatic heterocycles. The normalized spacial score (nSPS) is 10.1. The van der Waals surface area contributed by atoms with E-state index in [0.717, 1.165) is 5.69 Å². The molecule has 5 nitrogen and oxygen atoms in total. The molecule has 2 rings (SSSR count). The van der Waals surface area contributed by atoms with E-state index in [-0.39, 0.29) is 5.56 Å². The quantitative estimate of drug-likeness (QED) is 0.711. The van der Waals surface area contributed by atoms with Gasteiger partial charge in [0.2, 0.25) is 0 Å². The molecule has 2 aromatic rings. The molecule has 21 heavy (non-hydrogen) atoms. The summed E-state index contributed by atoms with van der Waals surface area (Å²) in [6.07, 6.45) is 2.36. The van der Waals surface area contributed by atoms with Crippen molar-refractivity contribution in [1.29, 1.82) is 0 Å². The molecule has 0 fully saturated rings. The second-order valence-electron chi connectivity index (χ2n) is 4.49. The largest absolute Gasteiger partial charge is 0.384 e. The molecule has 0 saturated carbocycles. The Morgan fingerprint density at radius 3 is 2.71 bits per heavy atom. The summed E-state index contributed by atoms with van der Waals surface area (Å²) in [5.74, 6) is -0.443. The maximum Gasteiger partial charge on any atom is 0.254 e. The molecule has 0 atom stereocenters. The minimum atomic E-state index is -0.513. The van der Waals surface area contributed by atoms with Gasteiger partial charge in [-0.2, -0.15) is 0 Å². The summed E-state index contributed by atoms with van der Waals surface area (Å²) in [6.45, 7) is 1.13. The topological polar surface area (TPSA) is 80.0 Å². The van der Waals surface area contributed by atoms with Crippen molar-refractivity contribution < 1.29 is 9.18 Å². The summed E-state index contributed by atoms with van der Waals surface area (Å²) >= 11 is 0. The van der Waals surface area contributed by atoms with Gasteiger partial charge in [-0.3, -0.25) is 4.79 Å². The highest BCUT2D eigenvalue weighted by atomic mass is 19.1. The van der Waals surface area contributed by atoms with Crippen LogP contribution in [0.5, 0.6) is 0 Å². The van der Waals surface area contributed by atoms with Gasteiger partial charge in [-0.05, 0) is 30.7 Å². The Bertz CT molecular complexity index is 601. The Labute approximate surface area is 122 Å². The molecule has 4 N–H and O–H groups in total. The Morgan fingerprint density at radius 2 is 2.00 bits per heavy atom. The molecule has 0 radical (unpaired) electrons. The van der Waals surface area contributed by atoms with E-state index in [4.69, 9.17) is 5.73 Å². The van der Waals surface area contributed by atoms with E-state index in [1.54, 1.807) is 24.4 Å². The summed E-state index contributed by atoms with van der Waals surface area (Å²) in [5.41, 5.74) is 6.42. The van der Waals surface area contributed by atoms with E-state index in [9.17, 15) is 9.18 Å². The van der Waals surface area contributed by atoms with Gasteiger partial charge in [0.25, 0.3) is 5.91 Å². The predicted octanol–water partition coefficient (Wildman–Crippen LogP) is 2.03. The Morgan fingerprint density at radius 1 is 1.19 bits per heavy atom. The van der Waals surface area contributed by atoms with Gasteiger partial charge in [0.1, 0.15) is 11.6 Å². The van der Waals surface area contributed by atoms with Gasteiger partial charge in [-0.1, -0.05) is 12.1 Å². The lowest BCUT2D eigenvalue weighted by atomic mass is 10.2. The first-order valence-corrected chi connectivity index (χ1v) is 6.65. The third-order valence-electron chi connectivity index (χ3n) is 2.87. The van der Waals surface area contributed by atoms with Crippen LogP contribution in [-0.2, 0) is 0 Å². The number of nitrogens with zero attached hydrogens (tertiary/aromatic N) is 1. The maximum absolute atomic E-state index is 13.4. The Balaban J connectivity index is 1.69. The minimum Gasteiger partial charge on any atom is -0.384 e. The fourth-order valence-corrected chi connectivity index (χ4v) is 1.77. The summed E-state index contributed by atoms with van der Waals surface area (Å²) < 4.78 is 13.4. The van der Waals surface area contributed by atoms with Gasteiger partial charge in [0.15, 0.2) is 0 Å². The van der Waals surface area contributed by atoms with Crippen LogP contribution in [0, 0.1) is 5.82 Å². The molecule has 0 aliphatic carbocycles. The number of carbonyl (C=O) groups is 1. The maximum atomic E-state index is 13.4. The van der Waals surface area contributed by atoms with Crippen molar-refractivity contribution in [1.82, 2.24) is 10.3 Å². The van der Waals surface area contributed by atoms with Crippen LogP contribution in [-0.4, -0.2) is 24.0 Å². The van der Waals surface area contributed by atoms with Gasteiger partial charge in [-0.25, -0.2) is 9.37 Å².